The van der Waals surface area contributed by atoms with Gasteiger partial charge in [0, 0.05) is 30.9 Å². The maximum Gasteiger partial charge on any atom is 0.262 e. The molecule has 0 amide bonds. The second-order valence-electron chi connectivity index (χ2n) is 6.59. The van der Waals surface area contributed by atoms with E-state index in [0.717, 1.165) is 0 Å². The highest BCUT2D eigenvalue weighted by Crippen LogP contribution is 2.37. The summed E-state index contributed by atoms with van der Waals surface area (Å²) in [6.07, 6.45) is 2.87. The van der Waals surface area contributed by atoms with Crippen LogP contribution in [-0.4, -0.2) is 28.8 Å². The Morgan fingerprint density at radius 2 is 1.71 bits per heavy atom. The lowest BCUT2D eigenvalue weighted by Gasteiger charge is -2.13. The fourth-order valence-electron chi connectivity index (χ4n) is 3.13. The predicted molar refractivity (Wildman–Crippen MR) is 115 cm³/mol. The van der Waals surface area contributed by atoms with E-state index in [2.05, 4.69) is 9.97 Å². The summed E-state index contributed by atoms with van der Waals surface area (Å²) in [6, 6.07) is 9.30. The molecule has 9 heteroatoms. The Labute approximate surface area is 181 Å². The molecule has 31 heavy (non-hydrogen) atoms. The fourth-order valence-corrected chi connectivity index (χ4v) is 3.25. The zero-order valence-corrected chi connectivity index (χ0v) is 17.6. The van der Waals surface area contributed by atoms with E-state index in [0.29, 0.717) is 33.7 Å². The van der Waals surface area contributed by atoms with Gasteiger partial charge in [0.05, 0.1) is 25.3 Å². The molecule has 0 spiro atoms. The minimum Gasteiger partial charge on any atom is -0.493 e. The normalized spacial score (nSPS) is 10.9. The molecule has 158 valence electrons. The summed E-state index contributed by atoms with van der Waals surface area (Å²) in [5.41, 5.74) is 0.807. The van der Waals surface area contributed by atoms with Gasteiger partial charge >= 0.3 is 0 Å². The first kappa shape index (κ1) is 20.6. The first-order chi connectivity index (χ1) is 14.9. The van der Waals surface area contributed by atoms with Gasteiger partial charge in [-0.2, -0.15) is 0 Å². The molecular formula is C22H17ClFN3O4. The Bertz CT molecular complexity index is 1360. The molecule has 0 aliphatic rings. The van der Waals surface area contributed by atoms with E-state index in [1.54, 1.807) is 30.5 Å². The third kappa shape index (κ3) is 3.77. The third-order valence-electron chi connectivity index (χ3n) is 4.78. The molecule has 0 aliphatic carbocycles. The van der Waals surface area contributed by atoms with Crippen molar-refractivity contribution in [2.75, 3.05) is 14.2 Å². The van der Waals surface area contributed by atoms with Gasteiger partial charge in [-0.15, -0.1) is 0 Å². The van der Waals surface area contributed by atoms with Crippen molar-refractivity contribution >= 4 is 22.5 Å². The second kappa shape index (κ2) is 8.23. The van der Waals surface area contributed by atoms with Crippen molar-refractivity contribution in [2.24, 2.45) is 7.05 Å². The summed E-state index contributed by atoms with van der Waals surface area (Å²) in [5.74, 6) is 0.759. The second-order valence-corrected chi connectivity index (χ2v) is 6.92. The summed E-state index contributed by atoms with van der Waals surface area (Å²) >= 11 is 5.84. The van der Waals surface area contributed by atoms with Crippen LogP contribution in [0.25, 0.3) is 22.0 Å². The lowest BCUT2D eigenvalue weighted by atomic mass is 10.1. The number of benzene rings is 2. The summed E-state index contributed by atoms with van der Waals surface area (Å²) in [6.45, 7) is 0. The van der Waals surface area contributed by atoms with E-state index in [4.69, 9.17) is 25.8 Å². The number of hydrogen-bond donors (Lipinski definition) is 0. The Morgan fingerprint density at radius 3 is 2.42 bits per heavy atom. The molecule has 4 aromatic rings. The van der Waals surface area contributed by atoms with Gasteiger partial charge in [-0.1, -0.05) is 6.07 Å². The van der Waals surface area contributed by atoms with Crippen molar-refractivity contribution in [1.82, 2.24) is 14.5 Å². The molecule has 0 radical (unpaired) electrons. The lowest BCUT2D eigenvalue weighted by molar-refractivity contribution is 0.355. The van der Waals surface area contributed by atoms with Crippen LogP contribution >= 0.6 is 11.6 Å². The summed E-state index contributed by atoms with van der Waals surface area (Å²) in [4.78, 5) is 20.6. The van der Waals surface area contributed by atoms with Crippen LogP contribution in [0.2, 0.25) is 5.28 Å². The number of fused-ring (bicyclic) bond motifs is 1. The summed E-state index contributed by atoms with van der Waals surface area (Å²) < 4.78 is 32.5. The molecule has 0 unspecified atom stereocenters. The van der Waals surface area contributed by atoms with Crippen molar-refractivity contribution in [3.8, 4) is 34.1 Å². The van der Waals surface area contributed by atoms with Gasteiger partial charge in [0.25, 0.3) is 5.56 Å². The Morgan fingerprint density at radius 1 is 0.968 bits per heavy atom. The van der Waals surface area contributed by atoms with Crippen LogP contribution in [0, 0.1) is 5.82 Å². The van der Waals surface area contributed by atoms with Crippen LogP contribution in [0.15, 0.2) is 53.6 Å². The molecule has 0 atom stereocenters. The maximum absolute atomic E-state index is 14.9. The van der Waals surface area contributed by atoms with E-state index in [1.165, 1.54) is 44.2 Å². The molecule has 0 N–H and O–H groups in total. The van der Waals surface area contributed by atoms with Gasteiger partial charge in [-0.25, -0.2) is 9.37 Å². The number of halogens is 2. The number of rotatable bonds is 5. The van der Waals surface area contributed by atoms with Crippen molar-refractivity contribution in [3.05, 3.63) is 70.2 Å². The minimum absolute atomic E-state index is 0.00946. The van der Waals surface area contributed by atoms with Crippen LogP contribution in [-0.2, 0) is 7.05 Å². The third-order valence-corrected chi connectivity index (χ3v) is 5.13. The van der Waals surface area contributed by atoms with E-state index in [9.17, 15) is 9.18 Å². The van der Waals surface area contributed by atoms with Gasteiger partial charge in [0.1, 0.15) is 5.75 Å². The number of pyridine rings is 1. The van der Waals surface area contributed by atoms with Gasteiger partial charge in [0.2, 0.25) is 5.28 Å². The van der Waals surface area contributed by atoms with Crippen molar-refractivity contribution < 1.29 is 18.6 Å². The monoisotopic (exact) mass is 441 g/mol. The highest BCUT2D eigenvalue weighted by Gasteiger charge is 2.15. The number of ether oxygens (including phenoxy) is 3. The molecule has 0 aliphatic heterocycles. The van der Waals surface area contributed by atoms with Crippen molar-refractivity contribution in [1.29, 1.82) is 0 Å². The first-order valence-corrected chi connectivity index (χ1v) is 9.50. The smallest absolute Gasteiger partial charge is 0.262 e. The molecule has 0 saturated heterocycles. The molecule has 0 saturated carbocycles. The van der Waals surface area contributed by atoms with Gasteiger partial charge < -0.3 is 14.2 Å². The Kier molecular flexibility index (Phi) is 5.48. The summed E-state index contributed by atoms with van der Waals surface area (Å²) in [7, 11) is 4.55. The Balaban J connectivity index is 1.73. The van der Waals surface area contributed by atoms with Gasteiger partial charge in [-0.05, 0) is 41.4 Å². The van der Waals surface area contributed by atoms with Crippen LogP contribution in [0.1, 0.15) is 0 Å². The number of methoxy groups -OCH3 is 2. The molecule has 2 heterocycles. The van der Waals surface area contributed by atoms with Crippen molar-refractivity contribution in [3.63, 3.8) is 0 Å². The highest BCUT2D eigenvalue weighted by atomic mass is 35.5. The quantitative estimate of drug-likeness (QED) is 0.421. The van der Waals surface area contributed by atoms with E-state index >= 15 is 0 Å². The SMILES string of the molecule is COc1cc2nccc(Oc3ccc(-c4cnc(Cl)n(C)c4=O)cc3F)c2cc1OC. The zero-order valence-electron chi connectivity index (χ0n) is 16.8. The number of hydrogen-bond acceptors (Lipinski definition) is 6. The highest BCUT2D eigenvalue weighted by molar-refractivity contribution is 6.28. The van der Waals surface area contributed by atoms with E-state index in [1.807, 2.05) is 0 Å². The molecule has 2 aromatic carbocycles. The van der Waals surface area contributed by atoms with E-state index in [-0.39, 0.29) is 22.2 Å². The molecular weight excluding hydrogens is 425 g/mol. The van der Waals surface area contributed by atoms with Gasteiger partial charge in [0.15, 0.2) is 23.1 Å². The van der Waals surface area contributed by atoms with E-state index < -0.39 is 5.82 Å². The van der Waals surface area contributed by atoms with Crippen LogP contribution < -0.4 is 19.8 Å². The lowest BCUT2D eigenvalue weighted by Crippen LogP contribution is -2.20. The maximum atomic E-state index is 14.9. The molecule has 0 fully saturated rings. The van der Waals surface area contributed by atoms with Crippen LogP contribution in [0.5, 0.6) is 23.0 Å². The molecule has 0 bridgehead atoms. The first-order valence-electron chi connectivity index (χ1n) is 9.13. The summed E-state index contributed by atoms with van der Waals surface area (Å²) in [5, 5.41) is 0.671. The average molecular weight is 442 g/mol. The number of nitrogens with zero attached hydrogens (tertiary/aromatic N) is 3. The fraction of sp³-hybridized carbons (Fsp3) is 0.136. The minimum atomic E-state index is -0.639. The largest absolute Gasteiger partial charge is 0.493 e. The Hall–Kier alpha value is -3.65. The van der Waals surface area contributed by atoms with Crippen LogP contribution in [0.3, 0.4) is 0 Å². The average Bonchev–Trinajstić information content (AvgIpc) is 2.78. The molecule has 2 aromatic heterocycles. The zero-order chi connectivity index (χ0) is 22.1. The van der Waals surface area contributed by atoms with Gasteiger partial charge in [-0.3, -0.25) is 14.3 Å². The predicted octanol–water partition coefficient (Wildman–Crippen LogP) is 4.60. The standard InChI is InChI=1S/C22H17ClFN3O4/c1-27-21(28)14(11-26-22(27)23)12-4-5-18(15(24)8-12)31-17-6-7-25-16-10-20(30-3)19(29-2)9-13(16)17/h4-11H,1-3H3. The molecule has 4 rings (SSSR count). The van der Waals surface area contributed by atoms with Crippen LogP contribution in [0.4, 0.5) is 4.39 Å². The van der Waals surface area contributed by atoms with Crippen molar-refractivity contribution in [2.45, 2.75) is 0 Å². The topological polar surface area (TPSA) is 75.5 Å². The molecule has 7 nitrogen and oxygen atoms in total. The number of aromatic nitrogens is 3.